The standard InChI is InChI=1S/C27H26F2N6O3S/c1-34(39(36,37)24-6-4-19(28)11-21(24)29)23-10-18(12-31-26(23)38-2)17-3-5-22-20(9-17)25(33-16-32-22)35-8-7-27(15-35)13-30-14-27/h3-6,9-12,16,30H,7-8,13-15H2,1-2H3. The van der Waals surface area contributed by atoms with Crippen molar-refractivity contribution in [1.29, 1.82) is 0 Å². The van der Waals surface area contributed by atoms with Crippen molar-refractivity contribution in [2.45, 2.75) is 11.3 Å². The third-order valence-electron chi connectivity index (χ3n) is 7.58. The molecule has 2 aromatic carbocycles. The first-order chi connectivity index (χ1) is 18.7. The van der Waals surface area contributed by atoms with Gasteiger partial charge in [0.05, 0.1) is 12.6 Å². The summed E-state index contributed by atoms with van der Waals surface area (Å²) in [4.78, 5) is 15.0. The van der Waals surface area contributed by atoms with E-state index in [0.717, 1.165) is 71.3 Å². The molecule has 2 fully saturated rings. The molecule has 0 unspecified atom stereocenters. The van der Waals surface area contributed by atoms with Gasteiger partial charge in [0.2, 0.25) is 5.88 Å². The molecule has 12 heteroatoms. The molecule has 2 aliphatic rings. The lowest BCUT2D eigenvalue weighted by atomic mass is 9.81. The molecule has 2 aliphatic heterocycles. The van der Waals surface area contributed by atoms with Gasteiger partial charge in [-0.1, -0.05) is 6.07 Å². The van der Waals surface area contributed by atoms with Crippen LogP contribution in [0.1, 0.15) is 6.42 Å². The van der Waals surface area contributed by atoms with Crippen molar-refractivity contribution in [3.63, 3.8) is 0 Å². The lowest BCUT2D eigenvalue weighted by Crippen LogP contribution is -2.54. The fourth-order valence-electron chi connectivity index (χ4n) is 5.30. The Morgan fingerprint density at radius 2 is 1.87 bits per heavy atom. The number of methoxy groups -OCH3 is 1. The largest absolute Gasteiger partial charge is 0.479 e. The van der Waals surface area contributed by atoms with E-state index in [1.807, 2.05) is 18.2 Å². The van der Waals surface area contributed by atoms with Gasteiger partial charge >= 0.3 is 0 Å². The van der Waals surface area contributed by atoms with E-state index in [-0.39, 0.29) is 11.6 Å². The molecule has 0 bridgehead atoms. The van der Waals surface area contributed by atoms with Crippen LogP contribution in [0.4, 0.5) is 20.3 Å². The second-order valence-electron chi connectivity index (χ2n) is 10.0. The molecule has 4 heterocycles. The SMILES string of the molecule is COc1ncc(-c2ccc3ncnc(N4CCC5(CNC5)C4)c3c2)cc1N(C)S(=O)(=O)c1ccc(F)cc1F. The van der Waals surface area contributed by atoms with Crippen molar-refractivity contribution < 1.29 is 21.9 Å². The molecule has 0 aliphatic carbocycles. The number of rotatable bonds is 6. The van der Waals surface area contributed by atoms with Gasteiger partial charge in [0.25, 0.3) is 10.0 Å². The van der Waals surface area contributed by atoms with Crippen LogP contribution in [-0.2, 0) is 10.0 Å². The average molecular weight is 553 g/mol. The molecule has 2 saturated heterocycles. The Kier molecular flexibility index (Phi) is 6.11. The summed E-state index contributed by atoms with van der Waals surface area (Å²) in [5.74, 6) is -1.16. The molecule has 0 saturated carbocycles. The quantitative estimate of drug-likeness (QED) is 0.387. The van der Waals surface area contributed by atoms with Gasteiger partial charge in [0, 0.05) is 61.9 Å². The average Bonchev–Trinajstić information content (AvgIpc) is 3.38. The third-order valence-corrected chi connectivity index (χ3v) is 9.39. The van der Waals surface area contributed by atoms with E-state index in [4.69, 9.17) is 4.74 Å². The highest BCUT2D eigenvalue weighted by Gasteiger charge is 2.43. The van der Waals surface area contributed by atoms with Crippen molar-refractivity contribution in [3.8, 4) is 17.0 Å². The lowest BCUT2D eigenvalue weighted by Gasteiger charge is -2.39. The molecule has 0 atom stereocenters. The predicted octanol–water partition coefficient (Wildman–Crippen LogP) is 3.60. The minimum absolute atomic E-state index is 0.0358. The van der Waals surface area contributed by atoms with Crippen molar-refractivity contribution >= 4 is 32.4 Å². The van der Waals surface area contributed by atoms with Crippen LogP contribution in [0.25, 0.3) is 22.0 Å². The number of nitrogens with one attached hydrogen (secondary N) is 1. The van der Waals surface area contributed by atoms with Gasteiger partial charge < -0.3 is 15.0 Å². The molecule has 0 radical (unpaired) electrons. The number of sulfonamides is 1. The number of halogens is 2. The monoisotopic (exact) mass is 552 g/mol. The highest BCUT2D eigenvalue weighted by atomic mass is 32.2. The Morgan fingerprint density at radius 1 is 1.05 bits per heavy atom. The second-order valence-corrected chi connectivity index (χ2v) is 11.9. The normalized spacial score (nSPS) is 16.5. The molecule has 1 N–H and O–H groups in total. The summed E-state index contributed by atoms with van der Waals surface area (Å²) >= 11 is 0. The third kappa shape index (κ3) is 4.33. The Balaban J connectivity index is 1.40. The molecule has 202 valence electrons. The first-order valence-corrected chi connectivity index (χ1v) is 13.8. The van der Waals surface area contributed by atoms with E-state index in [9.17, 15) is 17.2 Å². The summed E-state index contributed by atoms with van der Waals surface area (Å²) in [6.07, 6.45) is 4.26. The van der Waals surface area contributed by atoms with E-state index < -0.39 is 26.6 Å². The summed E-state index contributed by atoms with van der Waals surface area (Å²) in [5.41, 5.74) is 2.58. The Hall–Kier alpha value is -3.90. The van der Waals surface area contributed by atoms with Crippen LogP contribution in [-0.4, -0.2) is 63.7 Å². The van der Waals surface area contributed by atoms with E-state index in [2.05, 4.69) is 25.2 Å². The second kappa shape index (κ2) is 9.38. The van der Waals surface area contributed by atoms with E-state index in [0.29, 0.717) is 17.0 Å². The zero-order valence-electron chi connectivity index (χ0n) is 21.4. The van der Waals surface area contributed by atoms with Crippen molar-refractivity contribution in [3.05, 3.63) is 66.6 Å². The van der Waals surface area contributed by atoms with Crippen LogP contribution in [0.5, 0.6) is 5.88 Å². The van der Waals surface area contributed by atoms with Gasteiger partial charge in [-0.05, 0) is 42.3 Å². The van der Waals surface area contributed by atoms with Crippen LogP contribution in [0.3, 0.4) is 0 Å². The van der Waals surface area contributed by atoms with Crippen molar-refractivity contribution in [2.24, 2.45) is 5.41 Å². The number of aromatic nitrogens is 3. The number of nitrogens with zero attached hydrogens (tertiary/aromatic N) is 5. The molecular formula is C27H26F2N6O3S. The van der Waals surface area contributed by atoms with Crippen LogP contribution >= 0.6 is 0 Å². The summed E-state index contributed by atoms with van der Waals surface area (Å²) in [5, 5.41) is 4.25. The summed E-state index contributed by atoms with van der Waals surface area (Å²) in [7, 11) is -1.76. The van der Waals surface area contributed by atoms with Gasteiger partial charge in [-0.15, -0.1) is 0 Å². The van der Waals surface area contributed by atoms with E-state index in [1.165, 1.54) is 14.2 Å². The van der Waals surface area contributed by atoms with Crippen LogP contribution in [0.15, 0.2) is 59.9 Å². The smallest absolute Gasteiger partial charge is 0.267 e. The Labute approximate surface area is 224 Å². The lowest BCUT2D eigenvalue weighted by molar-refractivity contribution is 0.199. The molecule has 9 nitrogen and oxygen atoms in total. The number of hydrogen-bond donors (Lipinski definition) is 1. The van der Waals surface area contributed by atoms with Crippen molar-refractivity contribution in [2.75, 3.05) is 49.5 Å². The van der Waals surface area contributed by atoms with Gasteiger partial charge in [0.15, 0.2) is 0 Å². The molecule has 39 heavy (non-hydrogen) atoms. The first-order valence-electron chi connectivity index (χ1n) is 12.4. The van der Waals surface area contributed by atoms with Crippen molar-refractivity contribution in [1.82, 2.24) is 20.3 Å². The summed E-state index contributed by atoms with van der Waals surface area (Å²) in [6.45, 7) is 3.86. The minimum atomic E-state index is -4.39. The number of hydrogen-bond acceptors (Lipinski definition) is 8. The minimum Gasteiger partial charge on any atom is -0.479 e. The number of ether oxygens (including phenoxy) is 1. The fourth-order valence-corrected chi connectivity index (χ4v) is 6.53. The zero-order valence-corrected chi connectivity index (χ0v) is 22.2. The van der Waals surface area contributed by atoms with E-state index >= 15 is 0 Å². The van der Waals surface area contributed by atoms with Crippen LogP contribution < -0.4 is 19.3 Å². The predicted molar refractivity (Wildman–Crippen MR) is 143 cm³/mol. The molecule has 1 spiro atoms. The van der Waals surface area contributed by atoms with Crippen LogP contribution in [0.2, 0.25) is 0 Å². The first kappa shape index (κ1) is 25.4. The number of pyridine rings is 1. The van der Waals surface area contributed by atoms with E-state index in [1.54, 1.807) is 18.6 Å². The number of anilines is 2. The maximum atomic E-state index is 14.4. The zero-order chi connectivity index (χ0) is 27.4. The van der Waals surface area contributed by atoms with Gasteiger partial charge in [-0.3, -0.25) is 4.31 Å². The topological polar surface area (TPSA) is 101 Å². The fraction of sp³-hybridized carbons (Fsp3) is 0.296. The maximum Gasteiger partial charge on any atom is 0.267 e. The highest BCUT2D eigenvalue weighted by molar-refractivity contribution is 7.92. The Bertz CT molecular complexity index is 1700. The highest BCUT2D eigenvalue weighted by Crippen LogP contribution is 2.39. The molecule has 6 rings (SSSR count). The number of fused-ring (bicyclic) bond motifs is 1. The molecular weight excluding hydrogens is 526 g/mol. The van der Waals surface area contributed by atoms with Gasteiger partial charge in [-0.25, -0.2) is 32.2 Å². The van der Waals surface area contributed by atoms with Gasteiger partial charge in [0.1, 0.15) is 34.4 Å². The van der Waals surface area contributed by atoms with Crippen LogP contribution in [0, 0.1) is 17.0 Å². The summed E-state index contributed by atoms with van der Waals surface area (Å²) < 4.78 is 60.6. The van der Waals surface area contributed by atoms with Gasteiger partial charge in [-0.2, -0.15) is 0 Å². The molecule has 0 amide bonds. The maximum absolute atomic E-state index is 14.4. The summed E-state index contributed by atoms with van der Waals surface area (Å²) in [6, 6.07) is 9.68. The molecule has 4 aromatic rings. The molecule has 2 aromatic heterocycles. The number of benzene rings is 2. The Morgan fingerprint density at radius 3 is 2.56 bits per heavy atom.